The van der Waals surface area contributed by atoms with Gasteiger partial charge in [-0.3, -0.25) is 0 Å². The van der Waals surface area contributed by atoms with Crippen molar-refractivity contribution in [2.24, 2.45) is 0 Å². The van der Waals surface area contributed by atoms with E-state index in [1.54, 1.807) is 0 Å². The molecule has 1 heterocycles. The van der Waals surface area contributed by atoms with E-state index in [0.717, 1.165) is 38.2 Å². The molecule has 1 atom stereocenters. The summed E-state index contributed by atoms with van der Waals surface area (Å²) >= 11 is 0. The maximum atomic E-state index is 5.56. The lowest BCUT2D eigenvalue weighted by Gasteiger charge is -2.19. The van der Waals surface area contributed by atoms with E-state index < -0.39 is 0 Å². The molecule has 0 fully saturated rings. The Morgan fingerprint density at radius 1 is 1.50 bits per heavy atom. The van der Waals surface area contributed by atoms with E-state index in [-0.39, 0.29) is 0 Å². The van der Waals surface area contributed by atoms with Gasteiger partial charge in [-0.05, 0) is 43.5 Å². The summed E-state index contributed by atoms with van der Waals surface area (Å²) in [6.07, 6.45) is 3.19. The Labute approximate surface area is 110 Å². The fraction of sp³-hybridized carbons (Fsp3) is 0.500. The van der Waals surface area contributed by atoms with Gasteiger partial charge < -0.3 is 10.1 Å². The van der Waals surface area contributed by atoms with Crippen LogP contribution in [0.15, 0.2) is 30.4 Å². The summed E-state index contributed by atoms with van der Waals surface area (Å²) in [5.41, 5.74) is 3.92. The number of fused-ring (bicyclic) bond motifs is 1. The number of benzene rings is 1. The minimum atomic E-state index is 0.383. The summed E-state index contributed by atoms with van der Waals surface area (Å²) in [6.45, 7) is 10.2. The van der Waals surface area contributed by atoms with Gasteiger partial charge >= 0.3 is 0 Å². The Morgan fingerprint density at radius 3 is 3.06 bits per heavy atom. The molecule has 0 saturated heterocycles. The van der Waals surface area contributed by atoms with E-state index in [1.165, 1.54) is 16.7 Å². The van der Waals surface area contributed by atoms with Crippen molar-refractivity contribution >= 4 is 0 Å². The van der Waals surface area contributed by atoms with Gasteiger partial charge in [-0.1, -0.05) is 24.6 Å². The zero-order valence-electron chi connectivity index (χ0n) is 11.5. The minimum Gasteiger partial charge on any atom is -0.493 e. The molecule has 0 aromatic heterocycles. The van der Waals surface area contributed by atoms with Crippen molar-refractivity contribution in [1.29, 1.82) is 0 Å². The van der Waals surface area contributed by atoms with Gasteiger partial charge in [-0.2, -0.15) is 0 Å². The molecule has 1 aliphatic heterocycles. The molecule has 0 amide bonds. The molecule has 0 bridgehead atoms. The van der Waals surface area contributed by atoms with Gasteiger partial charge in [-0.25, -0.2) is 0 Å². The molecule has 1 aliphatic rings. The number of ether oxygens (including phenoxy) is 1. The standard InChI is InChI=1S/C16H23NO/c1-4-8-17-15(10-12(2)3)13-5-6-16-14(11-13)7-9-18-16/h5-6,11,15,17H,2,4,7-10H2,1,3H3. The predicted molar refractivity (Wildman–Crippen MR) is 76.1 cm³/mol. The molecule has 2 nitrogen and oxygen atoms in total. The normalized spacial score (nSPS) is 15.0. The fourth-order valence-electron chi connectivity index (χ4n) is 2.40. The van der Waals surface area contributed by atoms with Crippen LogP contribution in [0.3, 0.4) is 0 Å². The fourth-order valence-corrected chi connectivity index (χ4v) is 2.40. The third-order valence-corrected chi connectivity index (χ3v) is 3.31. The number of rotatable bonds is 6. The van der Waals surface area contributed by atoms with Gasteiger partial charge in [0, 0.05) is 12.5 Å². The molecule has 0 radical (unpaired) electrons. The molecule has 2 rings (SSSR count). The second-order valence-corrected chi connectivity index (χ2v) is 5.13. The van der Waals surface area contributed by atoms with Crippen LogP contribution in [0.1, 0.15) is 43.9 Å². The van der Waals surface area contributed by atoms with Crippen molar-refractivity contribution in [1.82, 2.24) is 5.32 Å². The molecular formula is C16H23NO. The molecule has 0 aliphatic carbocycles. The van der Waals surface area contributed by atoms with Crippen molar-refractivity contribution in [3.8, 4) is 5.75 Å². The Morgan fingerprint density at radius 2 is 2.33 bits per heavy atom. The van der Waals surface area contributed by atoms with E-state index in [2.05, 4.69) is 43.9 Å². The molecule has 0 saturated carbocycles. The van der Waals surface area contributed by atoms with E-state index in [9.17, 15) is 0 Å². The summed E-state index contributed by atoms with van der Waals surface area (Å²) in [5, 5.41) is 3.61. The van der Waals surface area contributed by atoms with Gasteiger partial charge in [0.25, 0.3) is 0 Å². The zero-order valence-corrected chi connectivity index (χ0v) is 11.5. The van der Waals surface area contributed by atoms with Crippen LogP contribution in [0.5, 0.6) is 5.75 Å². The van der Waals surface area contributed by atoms with Crippen LogP contribution < -0.4 is 10.1 Å². The molecule has 1 unspecified atom stereocenters. The maximum Gasteiger partial charge on any atom is 0.122 e. The molecule has 1 aromatic rings. The highest BCUT2D eigenvalue weighted by Crippen LogP contribution is 2.30. The lowest BCUT2D eigenvalue weighted by molar-refractivity contribution is 0.356. The smallest absolute Gasteiger partial charge is 0.122 e. The summed E-state index contributed by atoms with van der Waals surface area (Å²) in [5.74, 6) is 1.06. The third kappa shape index (κ3) is 3.14. The van der Waals surface area contributed by atoms with Gasteiger partial charge in [0.1, 0.15) is 5.75 Å². The SMILES string of the molecule is C=C(C)CC(NCCC)c1ccc2c(c1)CCO2. The first kappa shape index (κ1) is 13.2. The summed E-state index contributed by atoms with van der Waals surface area (Å²) < 4.78 is 5.56. The van der Waals surface area contributed by atoms with Crippen molar-refractivity contribution in [2.45, 2.75) is 39.2 Å². The van der Waals surface area contributed by atoms with Crippen molar-refractivity contribution in [3.05, 3.63) is 41.5 Å². The first-order valence-corrected chi connectivity index (χ1v) is 6.84. The quantitative estimate of drug-likeness (QED) is 0.773. The second-order valence-electron chi connectivity index (χ2n) is 5.13. The van der Waals surface area contributed by atoms with Crippen molar-refractivity contribution < 1.29 is 4.74 Å². The van der Waals surface area contributed by atoms with Gasteiger partial charge in [-0.15, -0.1) is 6.58 Å². The Balaban J connectivity index is 2.15. The van der Waals surface area contributed by atoms with Crippen LogP contribution in [-0.2, 0) is 6.42 Å². The predicted octanol–water partition coefficient (Wildman–Crippen LogP) is 3.63. The number of hydrogen-bond donors (Lipinski definition) is 1. The number of hydrogen-bond acceptors (Lipinski definition) is 2. The maximum absolute atomic E-state index is 5.56. The van der Waals surface area contributed by atoms with Crippen LogP contribution in [0, 0.1) is 0 Å². The van der Waals surface area contributed by atoms with Crippen molar-refractivity contribution in [3.63, 3.8) is 0 Å². The summed E-state index contributed by atoms with van der Waals surface area (Å²) in [6, 6.07) is 6.96. The van der Waals surface area contributed by atoms with Crippen LogP contribution in [0.2, 0.25) is 0 Å². The Bertz CT molecular complexity index is 425. The van der Waals surface area contributed by atoms with Gasteiger partial charge in [0.05, 0.1) is 6.61 Å². The van der Waals surface area contributed by atoms with Crippen molar-refractivity contribution in [2.75, 3.05) is 13.2 Å². The van der Waals surface area contributed by atoms with Gasteiger partial charge in [0.2, 0.25) is 0 Å². The molecule has 0 spiro atoms. The molecule has 1 aromatic carbocycles. The van der Waals surface area contributed by atoms with Gasteiger partial charge in [0.15, 0.2) is 0 Å². The molecule has 2 heteroatoms. The van der Waals surface area contributed by atoms with Crippen LogP contribution >= 0.6 is 0 Å². The lowest BCUT2D eigenvalue weighted by Crippen LogP contribution is -2.22. The second kappa shape index (κ2) is 6.05. The zero-order chi connectivity index (χ0) is 13.0. The first-order valence-electron chi connectivity index (χ1n) is 6.84. The minimum absolute atomic E-state index is 0.383. The van der Waals surface area contributed by atoms with Crippen LogP contribution in [0.25, 0.3) is 0 Å². The molecule has 98 valence electrons. The number of nitrogens with one attached hydrogen (secondary N) is 1. The van der Waals surface area contributed by atoms with Crippen LogP contribution in [-0.4, -0.2) is 13.2 Å². The Hall–Kier alpha value is -1.28. The monoisotopic (exact) mass is 245 g/mol. The lowest BCUT2D eigenvalue weighted by atomic mass is 9.97. The molecular weight excluding hydrogens is 222 g/mol. The summed E-state index contributed by atoms with van der Waals surface area (Å²) in [7, 11) is 0. The highest BCUT2D eigenvalue weighted by Gasteiger charge is 2.16. The average Bonchev–Trinajstić information content (AvgIpc) is 2.81. The third-order valence-electron chi connectivity index (χ3n) is 3.31. The first-order chi connectivity index (χ1) is 8.70. The molecule has 18 heavy (non-hydrogen) atoms. The topological polar surface area (TPSA) is 21.3 Å². The summed E-state index contributed by atoms with van der Waals surface area (Å²) in [4.78, 5) is 0. The van der Waals surface area contributed by atoms with Crippen LogP contribution in [0.4, 0.5) is 0 Å². The van der Waals surface area contributed by atoms with E-state index in [0.29, 0.717) is 6.04 Å². The average molecular weight is 245 g/mol. The highest BCUT2D eigenvalue weighted by atomic mass is 16.5. The van der Waals surface area contributed by atoms with E-state index in [4.69, 9.17) is 4.74 Å². The van der Waals surface area contributed by atoms with E-state index in [1.807, 2.05) is 0 Å². The Kier molecular flexibility index (Phi) is 4.43. The highest BCUT2D eigenvalue weighted by molar-refractivity contribution is 5.41. The van der Waals surface area contributed by atoms with E-state index >= 15 is 0 Å². The molecule has 1 N–H and O–H groups in total. The largest absolute Gasteiger partial charge is 0.493 e.